The van der Waals surface area contributed by atoms with Gasteiger partial charge in [-0.3, -0.25) is 9.59 Å². The smallest absolute Gasteiger partial charge is 0.251 e. The molecule has 0 spiro atoms. The lowest BCUT2D eigenvalue weighted by Crippen LogP contribution is -2.35. The zero-order valence-electron chi connectivity index (χ0n) is 15.8. The predicted molar refractivity (Wildman–Crippen MR) is 113 cm³/mol. The molecule has 1 rings (SSSR count). The molecule has 0 aromatic heterocycles. The lowest BCUT2D eigenvalue weighted by atomic mass is 10.1. The van der Waals surface area contributed by atoms with E-state index in [2.05, 4.69) is 29.4 Å². The van der Waals surface area contributed by atoms with Crippen LogP contribution >= 0.6 is 24.8 Å². The van der Waals surface area contributed by atoms with E-state index in [4.69, 9.17) is 5.73 Å². The normalized spacial score (nSPS) is 11.1. The molecule has 0 aliphatic heterocycles. The minimum atomic E-state index is -0.502. The van der Waals surface area contributed by atoms with Crippen LogP contribution in [0.2, 0.25) is 0 Å². The third-order valence-electron chi connectivity index (χ3n) is 3.96. The number of rotatable bonds is 10. The summed E-state index contributed by atoms with van der Waals surface area (Å²) < 4.78 is 0. The average Bonchev–Trinajstić information content (AvgIpc) is 2.59. The summed E-state index contributed by atoms with van der Waals surface area (Å²) in [5, 5.41) is 5.67. The topological polar surface area (TPSA) is 87.5 Å². The summed E-state index contributed by atoms with van der Waals surface area (Å²) in [4.78, 5) is 26.2. The van der Waals surface area contributed by atoms with E-state index >= 15 is 0 Å². The average molecular weight is 407 g/mol. The van der Waals surface area contributed by atoms with Gasteiger partial charge in [-0.1, -0.05) is 27.2 Å². The molecule has 4 N–H and O–H groups in total. The van der Waals surface area contributed by atoms with E-state index in [1.807, 2.05) is 6.92 Å². The van der Waals surface area contributed by atoms with Crippen molar-refractivity contribution in [2.75, 3.05) is 31.5 Å². The first-order valence-corrected chi connectivity index (χ1v) is 8.68. The molecule has 26 heavy (non-hydrogen) atoms. The second kappa shape index (κ2) is 14.8. The second-order valence-electron chi connectivity index (χ2n) is 5.74. The van der Waals surface area contributed by atoms with Gasteiger partial charge in [0.15, 0.2) is 0 Å². The fourth-order valence-corrected chi connectivity index (χ4v) is 2.35. The molecular weight excluding hydrogens is 375 g/mol. The van der Waals surface area contributed by atoms with Crippen molar-refractivity contribution in [2.24, 2.45) is 5.73 Å². The number of likely N-dealkylation sites (N-methyl/N-ethyl adjacent to an activating group) is 1. The summed E-state index contributed by atoms with van der Waals surface area (Å²) in [6.45, 7) is 9.59. The Kier molecular flexibility index (Phi) is 15.3. The molecule has 0 saturated carbocycles. The van der Waals surface area contributed by atoms with Crippen molar-refractivity contribution in [1.29, 1.82) is 0 Å². The molecule has 0 bridgehead atoms. The Morgan fingerprint density at radius 3 is 2.15 bits per heavy atom. The van der Waals surface area contributed by atoms with Crippen LogP contribution in [0.1, 0.15) is 44.0 Å². The minimum Gasteiger partial charge on any atom is -0.351 e. The van der Waals surface area contributed by atoms with Crippen molar-refractivity contribution in [1.82, 2.24) is 10.2 Å². The standard InChI is InChI=1S/C18H30N4O2.2ClH/c1-4-7-16(19)18(24)21-15-10-8-14(9-11-15)17(23)20-12-13-22(5-2)6-3;;/h8-11,16H,4-7,12-13,19H2,1-3H3,(H,20,23)(H,21,24);2*1H. The fraction of sp³-hybridized carbons (Fsp3) is 0.556. The van der Waals surface area contributed by atoms with E-state index in [1.165, 1.54) is 0 Å². The van der Waals surface area contributed by atoms with Gasteiger partial charge in [-0.05, 0) is 43.8 Å². The molecule has 1 aromatic rings. The van der Waals surface area contributed by atoms with Crippen molar-refractivity contribution in [3.63, 3.8) is 0 Å². The van der Waals surface area contributed by atoms with Gasteiger partial charge in [0.05, 0.1) is 6.04 Å². The van der Waals surface area contributed by atoms with Crippen LogP contribution in [-0.4, -0.2) is 48.9 Å². The number of amides is 2. The molecule has 0 fully saturated rings. The number of nitrogens with one attached hydrogen (secondary N) is 2. The highest BCUT2D eigenvalue weighted by Crippen LogP contribution is 2.10. The van der Waals surface area contributed by atoms with Crippen LogP contribution in [0, 0.1) is 0 Å². The summed E-state index contributed by atoms with van der Waals surface area (Å²) in [5.74, 6) is -0.309. The minimum absolute atomic E-state index is 0. The number of anilines is 1. The Labute approximate surface area is 169 Å². The number of hydrogen-bond donors (Lipinski definition) is 3. The molecule has 0 radical (unpaired) electrons. The molecule has 150 valence electrons. The fourth-order valence-electron chi connectivity index (χ4n) is 2.35. The lowest BCUT2D eigenvalue weighted by Gasteiger charge is -2.18. The summed E-state index contributed by atoms with van der Waals surface area (Å²) >= 11 is 0. The number of carbonyl (C=O) groups is 2. The largest absolute Gasteiger partial charge is 0.351 e. The van der Waals surface area contributed by atoms with Gasteiger partial charge in [-0.25, -0.2) is 0 Å². The summed E-state index contributed by atoms with van der Waals surface area (Å²) in [5.41, 5.74) is 6.99. The first-order chi connectivity index (χ1) is 11.5. The van der Waals surface area contributed by atoms with Gasteiger partial charge >= 0.3 is 0 Å². The van der Waals surface area contributed by atoms with Crippen molar-refractivity contribution in [2.45, 2.75) is 39.7 Å². The van der Waals surface area contributed by atoms with Gasteiger partial charge in [0.2, 0.25) is 5.91 Å². The molecule has 0 heterocycles. The SMILES string of the molecule is CCCC(N)C(=O)Nc1ccc(C(=O)NCCN(CC)CC)cc1.Cl.Cl. The lowest BCUT2D eigenvalue weighted by molar-refractivity contribution is -0.117. The van der Waals surface area contributed by atoms with Gasteiger partial charge in [0.1, 0.15) is 0 Å². The molecule has 0 aliphatic rings. The highest BCUT2D eigenvalue weighted by molar-refractivity contribution is 5.97. The van der Waals surface area contributed by atoms with Crippen LogP contribution in [0.5, 0.6) is 0 Å². The van der Waals surface area contributed by atoms with Crippen LogP contribution in [0.3, 0.4) is 0 Å². The van der Waals surface area contributed by atoms with Crippen molar-refractivity contribution < 1.29 is 9.59 Å². The number of benzene rings is 1. The molecule has 0 saturated heterocycles. The van der Waals surface area contributed by atoms with E-state index in [-0.39, 0.29) is 36.6 Å². The molecule has 6 nitrogen and oxygen atoms in total. The maximum absolute atomic E-state index is 12.1. The maximum atomic E-state index is 12.1. The summed E-state index contributed by atoms with van der Waals surface area (Å²) in [6.07, 6.45) is 1.51. The Bertz CT molecular complexity index is 522. The van der Waals surface area contributed by atoms with Gasteiger partial charge in [0.25, 0.3) is 5.91 Å². The Morgan fingerprint density at radius 1 is 1.08 bits per heavy atom. The van der Waals surface area contributed by atoms with E-state index in [9.17, 15) is 9.59 Å². The van der Waals surface area contributed by atoms with Crippen LogP contribution in [-0.2, 0) is 4.79 Å². The molecule has 0 aliphatic carbocycles. The summed E-state index contributed by atoms with van der Waals surface area (Å²) in [7, 11) is 0. The van der Waals surface area contributed by atoms with E-state index in [0.29, 0.717) is 24.2 Å². The van der Waals surface area contributed by atoms with Crippen LogP contribution in [0.4, 0.5) is 5.69 Å². The van der Waals surface area contributed by atoms with E-state index < -0.39 is 6.04 Å². The second-order valence-corrected chi connectivity index (χ2v) is 5.74. The Morgan fingerprint density at radius 2 is 1.65 bits per heavy atom. The molecule has 1 unspecified atom stereocenters. The van der Waals surface area contributed by atoms with Crippen molar-refractivity contribution in [3.05, 3.63) is 29.8 Å². The highest BCUT2D eigenvalue weighted by Gasteiger charge is 2.12. The summed E-state index contributed by atoms with van der Waals surface area (Å²) in [6, 6.07) is 6.34. The number of nitrogens with zero attached hydrogens (tertiary/aromatic N) is 1. The van der Waals surface area contributed by atoms with E-state index in [0.717, 1.165) is 26.1 Å². The van der Waals surface area contributed by atoms with Crippen LogP contribution in [0.25, 0.3) is 0 Å². The third kappa shape index (κ3) is 9.38. The van der Waals surface area contributed by atoms with Gasteiger partial charge in [0, 0.05) is 24.3 Å². The number of halogens is 2. The number of hydrogen-bond acceptors (Lipinski definition) is 4. The molecule has 8 heteroatoms. The molecule has 2 amide bonds. The Balaban J connectivity index is 0. The molecule has 1 aromatic carbocycles. The maximum Gasteiger partial charge on any atom is 0.251 e. The van der Waals surface area contributed by atoms with Crippen molar-refractivity contribution in [3.8, 4) is 0 Å². The quantitative estimate of drug-likeness (QED) is 0.557. The Hall–Kier alpha value is -1.34. The van der Waals surface area contributed by atoms with Gasteiger partial charge < -0.3 is 21.3 Å². The van der Waals surface area contributed by atoms with Crippen LogP contribution in [0.15, 0.2) is 24.3 Å². The van der Waals surface area contributed by atoms with Gasteiger partial charge in [-0.2, -0.15) is 0 Å². The number of nitrogens with two attached hydrogens (primary N) is 1. The third-order valence-corrected chi connectivity index (χ3v) is 3.96. The first-order valence-electron chi connectivity index (χ1n) is 8.68. The van der Waals surface area contributed by atoms with Crippen molar-refractivity contribution >= 4 is 42.3 Å². The van der Waals surface area contributed by atoms with Crippen LogP contribution < -0.4 is 16.4 Å². The zero-order valence-corrected chi connectivity index (χ0v) is 17.4. The molecule has 1 atom stereocenters. The van der Waals surface area contributed by atoms with Gasteiger partial charge in [-0.15, -0.1) is 24.8 Å². The zero-order chi connectivity index (χ0) is 17.9. The molecular formula is C18H32Cl2N4O2. The predicted octanol–water partition coefficient (Wildman–Crippen LogP) is 2.67. The van der Waals surface area contributed by atoms with E-state index in [1.54, 1.807) is 24.3 Å². The highest BCUT2D eigenvalue weighted by atomic mass is 35.5. The monoisotopic (exact) mass is 406 g/mol. The number of carbonyl (C=O) groups excluding carboxylic acids is 2. The first kappa shape index (κ1) is 26.9.